The zero-order valence-electron chi connectivity index (χ0n) is 17.2. The summed E-state index contributed by atoms with van der Waals surface area (Å²) in [6.45, 7) is 8.10. The van der Waals surface area contributed by atoms with E-state index >= 15 is 0 Å². The Bertz CT molecular complexity index is 792. The van der Waals surface area contributed by atoms with Gasteiger partial charge in [-0.1, -0.05) is 12.1 Å². The molecule has 29 heavy (non-hydrogen) atoms. The highest BCUT2D eigenvalue weighted by atomic mass is 16.5. The number of hydrogen-bond acceptors (Lipinski definition) is 8. The minimum absolute atomic E-state index is 0.163. The molecule has 0 unspecified atom stereocenters. The highest BCUT2D eigenvalue weighted by molar-refractivity contribution is 5.71. The van der Waals surface area contributed by atoms with Gasteiger partial charge in [-0.15, -0.1) is 0 Å². The number of anilines is 3. The van der Waals surface area contributed by atoms with Gasteiger partial charge in [-0.05, 0) is 37.6 Å². The maximum Gasteiger partial charge on any atom is 0.319 e. The van der Waals surface area contributed by atoms with Gasteiger partial charge in [0, 0.05) is 44.5 Å². The number of rotatable bonds is 9. The summed E-state index contributed by atoms with van der Waals surface area (Å²) in [5.41, 5.74) is 2.22. The predicted molar refractivity (Wildman–Crippen MR) is 114 cm³/mol. The fraction of sp³-hybridized carbons (Fsp3) is 0.476. The SMILES string of the molecule is COC(=O)CN1CCN(CCCNc2cc(Nc3cccc(C)c3)ncn2)CC1. The van der Waals surface area contributed by atoms with Crippen molar-refractivity contribution < 1.29 is 9.53 Å². The third-order valence-electron chi connectivity index (χ3n) is 4.96. The molecule has 2 aromatic rings. The number of esters is 1. The summed E-state index contributed by atoms with van der Waals surface area (Å²) in [6.07, 6.45) is 2.60. The average molecular weight is 399 g/mol. The zero-order chi connectivity index (χ0) is 20.5. The number of piperazine rings is 1. The van der Waals surface area contributed by atoms with Gasteiger partial charge in [-0.2, -0.15) is 0 Å². The maximum atomic E-state index is 11.3. The van der Waals surface area contributed by atoms with Crippen LogP contribution in [0, 0.1) is 6.92 Å². The van der Waals surface area contributed by atoms with Gasteiger partial charge in [0.15, 0.2) is 0 Å². The van der Waals surface area contributed by atoms with E-state index < -0.39 is 0 Å². The van der Waals surface area contributed by atoms with Crippen LogP contribution in [0.5, 0.6) is 0 Å². The first kappa shape index (κ1) is 21.0. The maximum absolute atomic E-state index is 11.3. The second-order valence-corrected chi connectivity index (χ2v) is 7.26. The Morgan fingerprint density at radius 2 is 1.86 bits per heavy atom. The second-order valence-electron chi connectivity index (χ2n) is 7.26. The lowest BCUT2D eigenvalue weighted by molar-refractivity contribution is -0.142. The van der Waals surface area contributed by atoms with Crippen LogP contribution in [0.4, 0.5) is 17.3 Å². The third kappa shape index (κ3) is 6.99. The number of ether oxygens (including phenoxy) is 1. The van der Waals surface area contributed by atoms with Crippen LogP contribution in [0.1, 0.15) is 12.0 Å². The van der Waals surface area contributed by atoms with Gasteiger partial charge in [-0.3, -0.25) is 9.69 Å². The minimum atomic E-state index is -0.163. The van der Waals surface area contributed by atoms with Crippen molar-refractivity contribution in [2.45, 2.75) is 13.3 Å². The molecule has 0 aliphatic carbocycles. The van der Waals surface area contributed by atoms with E-state index in [-0.39, 0.29) is 5.97 Å². The molecule has 3 rings (SSSR count). The molecule has 2 heterocycles. The number of carbonyl (C=O) groups excluding carboxylic acids is 1. The molecular formula is C21H30N6O2. The van der Waals surface area contributed by atoms with Gasteiger partial charge in [0.05, 0.1) is 13.7 Å². The molecule has 8 heteroatoms. The summed E-state index contributed by atoms with van der Waals surface area (Å²) in [4.78, 5) is 24.5. The Morgan fingerprint density at radius 1 is 1.10 bits per heavy atom. The van der Waals surface area contributed by atoms with Gasteiger partial charge >= 0.3 is 5.97 Å². The molecule has 1 aliphatic rings. The van der Waals surface area contributed by atoms with E-state index in [4.69, 9.17) is 4.74 Å². The van der Waals surface area contributed by atoms with Crippen molar-refractivity contribution in [3.8, 4) is 0 Å². The Hall–Kier alpha value is -2.71. The molecule has 1 saturated heterocycles. The van der Waals surface area contributed by atoms with E-state index in [1.807, 2.05) is 18.2 Å². The first-order valence-corrected chi connectivity index (χ1v) is 10.0. The normalized spacial score (nSPS) is 15.1. The van der Waals surface area contributed by atoms with Crippen LogP contribution in [0.25, 0.3) is 0 Å². The third-order valence-corrected chi connectivity index (χ3v) is 4.96. The molecule has 0 spiro atoms. The molecule has 0 amide bonds. The van der Waals surface area contributed by atoms with Crippen LogP contribution in [0.3, 0.4) is 0 Å². The van der Waals surface area contributed by atoms with Gasteiger partial charge in [-0.25, -0.2) is 9.97 Å². The number of nitrogens with one attached hydrogen (secondary N) is 2. The molecule has 0 radical (unpaired) electrons. The standard InChI is InChI=1S/C21H30N6O2/c1-17-5-3-6-18(13-17)25-20-14-19(23-16-24-20)22-7-4-8-26-9-11-27(12-10-26)15-21(28)29-2/h3,5-6,13-14,16H,4,7-12,15H2,1-2H3,(H2,22,23,24,25). The van der Waals surface area contributed by atoms with Crippen LogP contribution in [-0.2, 0) is 9.53 Å². The summed E-state index contributed by atoms with van der Waals surface area (Å²) in [6, 6.07) is 10.1. The number of methoxy groups -OCH3 is 1. The lowest BCUT2D eigenvalue weighted by Crippen LogP contribution is -2.48. The van der Waals surface area contributed by atoms with Gasteiger partial charge < -0.3 is 20.3 Å². The first-order valence-electron chi connectivity index (χ1n) is 10.0. The Morgan fingerprint density at radius 3 is 2.62 bits per heavy atom. The molecule has 1 aromatic heterocycles. The van der Waals surface area contributed by atoms with Crippen LogP contribution < -0.4 is 10.6 Å². The van der Waals surface area contributed by atoms with E-state index in [0.717, 1.165) is 63.0 Å². The predicted octanol–water partition coefficient (Wildman–Crippen LogP) is 2.12. The van der Waals surface area contributed by atoms with Crippen molar-refractivity contribution in [1.82, 2.24) is 19.8 Å². The van der Waals surface area contributed by atoms with E-state index in [1.54, 1.807) is 6.33 Å². The van der Waals surface area contributed by atoms with Crippen molar-refractivity contribution >= 4 is 23.3 Å². The average Bonchev–Trinajstić information content (AvgIpc) is 2.72. The molecule has 156 valence electrons. The Labute approximate surface area is 172 Å². The monoisotopic (exact) mass is 398 g/mol. The number of aromatic nitrogens is 2. The Balaban J connectivity index is 1.36. The second kappa shape index (κ2) is 10.7. The molecule has 1 fully saturated rings. The molecule has 8 nitrogen and oxygen atoms in total. The van der Waals surface area contributed by atoms with Crippen molar-refractivity contribution in [3.05, 3.63) is 42.2 Å². The lowest BCUT2D eigenvalue weighted by Gasteiger charge is -2.33. The van der Waals surface area contributed by atoms with E-state index in [2.05, 4.69) is 49.5 Å². The van der Waals surface area contributed by atoms with Crippen LogP contribution in [-0.4, -0.2) is 78.7 Å². The zero-order valence-corrected chi connectivity index (χ0v) is 17.2. The smallest absolute Gasteiger partial charge is 0.319 e. The van der Waals surface area contributed by atoms with Crippen molar-refractivity contribution in [3.63, 3.8) is 0 Å². The van der Waals surface area contributed by atoms with Gasteiger partial charge in [0.2, 0.25) is 0 Å². The van der Waals surface area contributed by atoms with E-state index in [9.17, 15) is 4.79 Å². The molecule has 1 aromatic carbocycles. The molecule has 2 N–H and O–H groups in total. The topological polar surface area (TPSA) is 82.6 Å². The van der Waals surface area contributed by atoms with Crippen LogP contribution >= 0.6 is 0 Å². The minimum Gasteiger partial charge on any atom is -0.468 e. The summed E-state index contributed by atoms with van der Waals surface area (Å²) >= 11 is 0. The molecule has 0 bridgehead atoms. The first-order chi connectivity index (χ1) is 14.1. The van der Waals surface area contributed by atoms with Crippen LogP contribution in [0.15, 0.2) is 36.7 Å². The fourth-order valence-corrected chi connectivity index (χ4v) is 3.33. The molecule has 1 aliphatic heterocycles. The van der Waals surface area contributed by atoms with Crippen LogP contribution in [0.2, 0.25) is 0 Å². The van der Waals surface area contributed by atoms with E-state index in [0.29, 0.717) is 6.54 Å². The Kier molecular flexibility index (Phi) is 7.77. The number of carbonyl (C=O) groups is 1. The number of aryl methyl sites for hydroxylation is 1. The van der Waals surface area contributed by atoms with Crippen molar-refractivity contribution in [1.29, 1.82) is 0 Å². The largest absolute Gasteiger partial charge is 0.468 e. The quantitative estimate of drug-likeness (QED) is 0.491. The summed E-state index contributed by atoms with van der Waals surface area (Å²) < 4.78 is 4.73. The lowest BCUT2D eigenvalue weighted by atomic mass is 10.2. The summed E-state index contributed by atoms with van der Waals surface area (Å²) in [5.74, 6) is 1.43. The highest BCUT2D eigenvalue weighted by Crippen LogP contribution is 2.17. The van der Waals surface area contributed by atoms with Crippen molar-refractivity contribution in [2.75, 3.05) is 63.6 Å². The van der Waals surface area contributed by atoms with Crippen molar-refractivity contribution in [2.24, 2.45) is 0 Å². The van der Waals surface area contributed by atoms with Gasteiger partial charge in [0.25, 0.3) is 0 Å². The highest BCUT2D eigenvalue weighted by Gasteiger charge is 2.18. The number of nitrogens with zero attached hydrogens (tertiary/aromatic N) is 4. The number of hydrogen-bond donors (Lipinski definition) is 2. The van der Waals surface area contributed by atoms with Gasteiger partial charge in [0.1, 0.15) is 18.0 Å². The number of benzene rings is 1. The fourth-order valence-electron chi connectivity index (χ4n) is 3.33. The molecular weight excluding hydrogens is 368 g/mol. The van der Waals surface area contributed by atoms with E-state index in [1.165, 1.54) is 12.7 Å². The summed E-state index contributed by atoms with van der Waals surface area (Å²) in [7, 11) is 1.44. The molecule has 0 saturated carbocycles. The summed E-state index contributed by atoms with van der Waals surface area (Å²) in [5, 5.41) is 6.69. The molecule has 0 atom stereocenters.